The maximum absolute atomic E-state index is 12.8. The van der Waals surface area contributed by atoms with Crippen molar-refractivity contribution in [3.8, 4) is 5.69 Å². The molecule has 4 rings (SSSR count). The van der Waals surface area contributed by atoms with Crippen molar-refractivity contribution in [3.63, 3.8) is 0 Å². The average molecular weight is 401 g/mol. The topological polar surface area (TPSA) is 91.6 Å². The van der Waals surface area contributed by atoms with Crippen molar-refractivity contribution in [2.45, 2.75) is 13.5 Å². The highest BCUT2D eigenvalue weighted by atomic mass is 16.4. The van der Waals surface area contributed by atoms with E-state index in [1.807, 2.05) is 31.2 Å². The van der Waals surface area contributed by atoms with Crippen LogP contribution in [-0.4, -0.2) is 32.5 Å². The molecule has 1 aliphatic heterocycles. The number of rotatable bonds is 5. The Balaban J connectivity index is 1.60. The van der Waals surface area contributed by atoms with Crippen LogP contribution in [0, 0.1) is 6.92 Å². The second kappa shape index (κ2) is 7.71. The molecule has 0 aliphatic carbocycles. The Hall–Kier alpha value is -4.13. The Labute approximate surface area is 172 Å². The first-order valence-corrected chi connectivity index (χ1v) is 9.33. The fraction of sp³-hybridized carbons (Fsp3) is 0.0870. The number of nitrogens with zero attached hydrogens (tertiary/aromatic N) is 2. The van der Waals surface area contributed by atoms with E-state index in [1.165, 1.54) is 6.07 Å². The standard InChI is InChI=1S/C23H19N3O4/c1-15-7-9-16(10-8-15)14-26-21(27)20(24-23(26)30)13-19-6-3-11-25(19)18-5-2-4-17(12-18)22(28)29/h2-13H,14H2,1H3,(H,24,30)(H,28,29)/b20-13+. The molecule has 1 saturated heterocycles. The van der Waals surface area contributed by atoms with Crippen LogP contribution in [-0.2, 0) is 11.3 Å². The van der Waals surface area contributed by atoms with Crippen LogP contribution in [0.5, 0.6) is 0 Å². The molecular formula is C23H19N3O4. The van der Waals surface area contributed by atoms with E-state index in [2.05, 4.69) is 5.32 Å². The molecule has 3 aromatic rings. The van der Waals surface area contributed by atoms with Gasteiger partial charge in [-0.2, -0.15) is 0 Å². The Bertz CT molecular complexity index is 1180. The number of imide groups is 1. The minimum atomic E-state index is -1.02. The molecule has 0 radical (unpaired) electrons. The van der Waals surface area contributed by atoms with Gasteiger partial charge in [0.05, 0.1) is 12.1 Å². The lowest BCUT2D eigenvalue weighted by atomic mass is 10.1. The Morgan fingerprint density at radius 3 is 2.57 bits per heavy atom. The number of carboxylic acid groups (broad SMARTS) is 1. The van der Waals surface area contributed by atoms with Crippen LogP contribution in [0.1, 0.15) is 27.2 Å². The Kier molecular flexibility index (Phi) is 4.93. The lowest BCUT2D eigenvalue weighted by Gasteiger charge is -2.12. The third-order valence-corrected chi connectivity index (χ3v) is 4.87. The quantitative estimate of drug-likeness (QED) is 0.505. The van der Waals surface area contributed by atoms with Gasteiger partial charge in [0.15, 0.2) is 0 Å². The smallest absolute Gasteiger partial charge is 0.335 e. The summed E-state index contributed by atoms with van der Waals surface area (Å²) < 4.78 is 1.75. The third kappa shape index (κ3) is 3.73. The van der Waals surface area contributed by atoms with Crippen LogP contribution in [0.3, 0.4) is 0 Å². The molecule has 2 heterocycles. The van der Waals surface area contributed by atoms with Gasteiger partial charge in [-0.3, -0.25) is 9.69 Å². The number of aryl methyl sites for hydroxylation is 1. The van der Waals surface area contributed by atoms with Crippen molar-refractivity contribution in [2.24, 2.45) is 0 Å². The summed E-state index contributed by atoms with van der Waals surface area (Å²) in [5.41, 5.74) is 3.57. The zero-order chi connectivity index (χ0) is 21.3. The monoisotopic (exact) mass is 401 g/mol. The molecule has 3 amide bonds. The number of amides is 3. The predicted molar refractivity (Wildman–Crippen MR) is 111 cm³/mol. The number of aromatic nitrogens is 1. The number of aromatic carboxylic acids is 1. The van der Waals surface area contributed by atoms with E-state index in [9.17, 15) is 19.5 Å². The van der Waals surface area contributed by atoms with Gasteiger partial charge in [-0.05, 0) is 48.9 Å². The first kappa shape index (κ1) is 19.2. The van der Waals surface area contributed by atoms with E-state index >= 15 is 0 Å². The zero-order valence-corrected chi connectivity index (χ0v) is 16.2. The van der Waals surface area contributed by atoms with E-state index < -0.39 is 17.9 Å². The maximum Gasteiger partial charge on any atom is 0.335 e. The molecule has 0 unspecified atom stereocenters. The van der Waals surface area contributed by atoms with Gasteiger partial charge in [0.25, 0.3) is 5.91 Å². The second-order valence-corrected chi connectivity index (χ2v) is 7.02. The minimum absolute atomic E-state index is 0.161. The molecule has 2 aromatic carbocycles. The number of carbonyl (C=O) groups is 3. The van der Waals surface area contributed by atoms with Crippen molar-refractivity contribution in [1.29, 1.82) is 0 Å². The van der Waals surface area contributed by atoms with Crippen molar-refractivity contribution >= 4 is 24.0 Å². The fourth-order valence-electron chi connectivity index (χ4n) is 3.27. The van der Waals surface area contributed by atoms with Crippen LogP contribution in [0.2, 0.25) is 0 Å². The molecule has 0 bridgehead atoms. The summed E-state index contributed by atoms with van der Waals surface area (Å²) in [6, 6.07) is 17.2. The zero-order valence-electron chi connectivity index (χ0n) is 16.2. The summed E-state index contributed by atoms with van der Waals surface area (Å²) >= 11 is 0. The first-order valence-electron chi connectivity index (χ1n) is 9.33. The normalized spacial score (nSPS) is 15.0. The molecule has 1 fully saturated rings. The van der Waals surface area contributed by atoms with Crippen LogP contribution < -0.4 is 5.32 Å². The maximum atomic E-state index is 12.8. The number of nitrogens with one attached hydrogen (secondary N) is 1. The molecular weight excluding hydrogens is 382 g/mol. The summed E-state index contributed by atoms with van der Waals surface area (Å²) in [5.74, 6) is -1.43. The van der Waals surface area contributed by atoms with Crippen molar-refractivity contribution in [3.05, 3.63) is 94.9 Å². The molecule has 1 aliphatic rings. The molecule has 150 valence electrons. The van der Waals surface area contributed by atoms with E-state index in [4.69, 9.17) is 0 Å². The van der Waals surface area contributed by atoms with E-state index in [0.717, 1.165) is 16.0 Å². The SMILES string of the molecule is Cc1ccc(CN2C(=O)N/C(=C/c3cccn3-c3cccc(C(=O)O)c3)C2=O)cc1. The summed E-state index contributed by atoms with van der Waals surface area (Å²) in [6.07, 6.45) is 3.35. The van der Waals surface area contributed by atoms with E-state index in [1.54, 1.807) is 47.2 Å². The van der Waals surface area contributed by atoms with Gasteiger partial charge in [-0.25, -0.2) is 9.59 Å². The number of hydrogen-bond acceptors (Lipinski definition) is 3. The predicted octanol–water partition coefficient (Wildman–Crippen LogP) is 3.58. The lowest BCUT2D eigenvalue weighted by Crippen LogP contribution is -2.30. The third-order valence-electron chi connectivity index (χ3n) is 4.87. The largest absolute Gasteiger partial charge is 0.478 e. The van der Waals surface area contributed by atoms with Gasteiger partial charge in [-0.1, -0.05) is 35.9 Å². The molecule has 2 N–H and O–H groups in total. The van der Waals surface area contributed by atoms with Gasteiger partial charge in [-0.15, -0.1) is 0 Å². The van der Waals surface area contributed by atoms with Gasteiger partial charge < -0.3 is 15.0 Å². The molecule has 1 aromatic heterocycles. The first-order chi connectivity index (χ1) is 14.4. The Morgan fingerprint density at radius 1 is 1.07 bits per heavy atom. The Morgan fingerprint density at radius 2 is 1.83 bits per heavy atom. The number of urea groups is 1. The second-order valence-electron chi connectivity index (χ2n) is 7.02. The van der Waals surface area contributed by atoms with E-state index in [0.29, 0.717) is 11.4 Å². The minimum Gasteiger partial charge on any atom is -0.478 e. The molecule has 7 nitrogen and oxygen atoms in total. The van der Waals surface area contributed by atoms with Gasteiger partial charge in [0.2, 0.25) is 0 Å². The van der Waals surface area contributed by atoms with Crippen LogP contribution >= 0.6 is 0 Å². The fourth-order valence-corrected chi connectivity index (χ4v) is 3.27. The number of carbonyl (C=O) groups excluding carboxylic acids is 2. The van der Waals surface area contributed by atoms with Gasteiger partial charge >= 0.3 is 12.0 Å². The highest BCUT2D eigenvalue weighted by Crippen LogP contribution is 2.20. The van der Waals surface area contributed by atoms with Crippen molar-refractivity contribution in [2.75, 3.05) is 0 Å². The summed E-state index contributed by atoms with van der Waals surface area (Å²) in [5, 5.41) is 11.8. The number of carboxylic acids is 1. The number of benzene rings is 2. The molecule has 7 heteroatoms. The molecule has 30 heavy (non-hydrogen) atoms. The molecule has 0 atom stereocenters. The highest BCUT2D eigenvalue weighted by Gasteiger charge is 2.33. The van der Waals surface area contributed by atoms with E-state index in [-0.39, 0.29) is 17.8 Å². The highest BCUT2D eigenvalue weighted by molar-refractivity contribution is 6.13. The van der Waals surface area contributed by atoms with Crippen molar-refractivity contribution < 1.29 is 19.5 Å². The summed E-state index contributed by atoms with van der Waals surface area (Å²) in [4.78, 5) is 37.6. The summed E-state index contributed by atoms with van der Waals surface area (Å²) in [7, 11) is 0. The lowest BCUT2D eigenvalue weighted by molar-refractivity contribution is -0.123. The summed E-state index contributed by atoms with van der Waals surface area (Å²) in [6.45, 7) is 2.16. The van der Waals surface area contributed by atoms with Crippen LogP contribution in [0.25, 0.3) is 11.8 Å². The van der Waals surface area contributed by atoms with Crippen LogP contribution in [0.15, 0.2) is 72.6 Å². The van der Waals surface area contributed by atoms with Gasteiger partial charge in [0.1, 0.15) is 5.70 Å². The average Bonchev–Trinajstić information content (AvgIpc) is 3.30. The van der Waals surface area contributed by atoms with Crippen LogP contribution in [0.4, 0.5) is 4.79 Å². The molecule has 0 saturated carbocycles. The van der Waals surface area contributed by atoms with Gasteiger partial charge in [0, 0.05) is 17.6 Å². The molecule has 0 spiro atoms. The van der Waals surface area contributed by atoms with Crippen molar-refractivity contribution in [1.82, 2.24) is 14.8 Å². The number of hydrogen-bond donors (Lipinski definition) is 2.